The first-order valence-electron chi connectivity index (χ1n) is 10.8. The second-order valence-electron chi connectivity index (χ2n) is 8.29. The average molecular weight is 446 g/mol. The molecule has 1 aromatic carbocycles. The van der Waals surface area contributed by atoms with Gasteiger partial charge in [-0.25, -0.2) is 4.68 Å². The van der Waals surface area contributed by atoms with Gasteiger partial charge in [0.2, 0.25) is 0 Å². The summed E-state index contributed by atoms with van der Waals surface area (Å²) in [6.07, 6.45) is 3.83. The average Bonchev–Trinajstić information content (AvgIpc) is 3.32. The molecule has 1 fully saturated rings. The summed E-state index contributed by atoms with van der Waals surface area (Å²) in [5.74, 6) is -1.57. The number of aliphatic hydroxyl groups excluding tert-OH is 1. The Labute approximate surface area is 192 Å². The molecule has 0 aliphatic carbocycles. The molecule has 8 nitrogen and oxygen atoms in total. The number of pyridine rings is 1. The standard InChI is InChI=1S/C25H27N5O3/c1-17-19(16-27-30(17)18-10-5-4-6-11-18)23(31)21-22(20-12-7-8-13-26-20)29(25(33)24(21)32)15-9-14-28(2)3/h4-8,10-13,16,22,31H,9,14-15H2,1-3H3/t22-/m0/s1. The zero-order chi connectivity index (χ0) is 23.5. The van der Waals surface area contributed by atoms with E-state index >= 15 is 0 Å². The SMILES string of the molecule is Cc1c(C(O)=C2C(=O)C(=O)N(CCCN(C)C)[C@H]2c2ccccn2)cnn1-c1ccccc1. The van der Waals surface area contributed by atoms with Gasteiger partial charge in [-0.05, 0) is 58.3 Å². The van der Waals surface area contributed by atoms with Crippen LogP contribution in [0.2, 0.25) is 0 Å². The van der Waals surface area contributed by atoms with Crippen LogP contribution < -0.4 is 0 Å². The quantitative estimate of drug-likeness (QED) is 0.342. The van der Waals surface area contributed by atoms with Crippen molar-refractivity contribution in [3.8, 4) is 5.69 Å². The number of hydrogen-bond donors (Lipinski definition) is 1. The minimum Gasteiger partial charge on any atom is -0.507 e. The van der Waals surface area contributed by atoms with Crippen molar-refractivity contribution >= 4 is 17.4 Å². The highest BCUT2D eigenvalue weighted by atomic mass is 16.3. The van der Waals surface area contributed by atoms with E-state index in [1.807, 2.05) is 56.3 Å². The van der Waals surface area contributed by atoms with Crippen LogP contribution in [0, 0.1) is 6.92 Å². The first kappa shape index (κ1) is 22.4. The molecule has 0 spiro atoms. The van der Waals surface area contributed by atoms with Crippen LogP contribution in [0.1, 0.15) is 29.4 Å². The largest absolute Gasteiger partial charge is 0.507 e. The van der Waals surface area contributed by atoms with E-state index in [0.29, 0.717) is 29.9 Å². The Balaban J connectivity index is 1.79. The molecule has 3 aromatic rings. The predicted molar refractivity (Wildman–Crippen MR) is 125 cm³/mol. The number of nitrogens with zero attached hydrogens (tertiary/aromatic N) is 5. The van der Waals surface area contributed by atoms with Crippen LogP contribution in [-0.2, 0) is 9.59 Å². The van der Waals surface area contributed by atoms with Crippen LogP contribution in [0.4, 0.5) is 0 Å². The second-order valence-corrected chi connectivity index (χ2v) is 8.29. The van der Waals surface area contributed by atoms with Gasteiger partial charge in [0.15, 0.2) is 0 Å². The minimum absolute atomic E-state index is 0.0410. The maximum atomic E-state index is 13.1. The highest BCUT2D eigenvalue weighted by Gasteiger charge is 2.46. The Bertz CT molecular complexity index is 1190. The van der Waals surface area contributed by atoms with Crippen LogP contribution in [0.15, 0.2) is 66.5 Å². The molecule has 3 heterocycles. The number of benzene rings is 1. The lowest BCUT2D eigenvalue weighted by atomic mass is 9.98. The topological polar surface area (TPSA) is 91.6 Å². The number of Topliss-reactive ketones (excluding diaryl/α,β-unsaturated/α-hetero) is 1. The van der Waals surface area contributed by atoms with Crippen molar-refractivity contribution in [3.05, 3.63) is 83.4 Å². The molecule has 1 saturated heterocycles. The van der Waals surface area contributed by atoms with Crippen molar-refractivity contribution < 1.29 is 14.7 Å². The van der Waals surface area contributed by atoms with E-state index in [1.165, 1.54) is 11.1 Å². The number of ketones is 1. The van der Waals surface area contributed by atoms with E-state index in [9.17, 15) is 14.7 Å². The van der Waals surface area contributed by atoms with Gasteiger partial charge in [0.05, 0.1) is 34.4 Å². The maximum Gasteiger partial charge on any atom is 0.295 e. The molecule has 0 radical (unpaired) electrons. The first-order valence-corrected chi connectivity index (χ1v) is 10.8. The van der Waals surface area contributed by atoms with Crippen LogP contribution >= 0.6 is 0 Å². The summed E-state index contributed by atoms with van der Waals surface area (Å²) in [5.41, 5.74) is 2.48. The van der Waals surface area contributed by atoms with Gasteiger partial charge in [-0.15, -0.1) is 0 Å². The Morgan fingerprint density at radius 3 is 2.48 bits per heavy atom. The van der Waals surface area contributed by atoms with Crippen molar-refractivity contribution in [3.63, 3.8) is 0 Å². The summed E-state index contributed by atoms with van der Waals surface area (Å²) in [4.78, 5) is 34.1. The molecule has 0 saturated carbocycles. The molecule has 170 valence electrons. The number of para-hydroxylation sites is 1. The summed E-state index contributed by atoms with van der Waals surface area (Å²) in [5, 5.41) is 15.7. The van der Waals surface area contributed by atoms with Gasteiger partial charge in [-0.2, -0.15) is 5.10 Å². The molecule has 1 atom stereocenters. The summed E-state index contributed by atoms with van der Waals surface area (Å²) >= 11 is 0. The Morgan fingerprint density at radius 2 is 1.82 bits per heavy atom. The molecule has 4 rings (SSSR count). The summed E-state index contributed by atoms with van der Waals surface area (Å²) in [7, 11) is 3.91. The number of likely N-dealkylation sites (tertiary alicyclic amines) is 1. The van der Waals surface area contributed by atoms with Crippen molar-refractivity contribution in [2.45, 2.75) is 19.4 Å². The van der Waals surface area contributed by atoms with Crippen molar-refractivity contribution in [2.24, 2.45) is 0 Å². The molecule has 8 heteroatoms. The third-order valence-corrected chi connectivity index (χ3v) is 5.78. The Morgan fingerprint density at radius 1 is 1.09 bits per heavy atom. The third kappa shape index (κ3) is 4.29. The lowest BCUT2D eigenvalue weighted by Crippen LogP contribution is -2.32. The first-order chi connectivity index (χ1) is 15.9. The van der Waals surface area contributed by atoms with E-state index in [0.717, 1.165) is 12.2 Å². The second kappa shape index (κ2) is 9.38. The highest BCUT2D eigenvalue weighted by molar-refractivity contribution is 6.46. The molecule has 2 aromatic heterocycles. The zero-order valence-electron chi connectivity index (χ0n) is 19.0. The normalized spacial score (nSPS) is 17.8. The third-order valence-electron chi connectivity index (χ3n) is 5.78. The van der Waals surface area contributed by atoms with Gasteiger partial charge >= 0.3 is 0 Å². The van der Waals surface area contributed by atoms with Crippen molar-refractivity contribution in [1.82, 2.24) is 24.6 Å². The molecule has 0 unspecified atom stereocenters. The van der Waals surface area contributed by atoms with E-state index in [4.69, 9.17) is 0 Å². The van der Waals surface area contributed by atoms with E-state index in [2.05, 4.69) is 10.1 Å². The highest BCUT2D eigenvalue weighted by Crippen LogP contribution is 2.39. The monoisotopic (exact) mass is 445 g/mol. The van der Waals surface area contributed by atoms with Crippen LogP contribution in [0.25, 0.3) is 11.4 Å². The smallest absolute Gasteiger partial charge is 0.295 e. The van der Waals surface area contributed by atoms with Crippen LogP contribution in [-0.4, -0.2) is 68.5 Å². The lowest BCUT2D eigenvalue weighted by Gasteiger charge is -2.25. The summed E-state index contributed by atoms with van der Waals surface area (Å²) in [6.45, 7) is 2.96. The fourth-order valence-corrected chi connectivity index (χ4v) is 4.13. The van der Waals surface area contributed by atoms with Crippen molar-refractivity contribution in [2.75, 3.05) is 27.2 Å². The lowest BCUT2D eigenvalue weighted by molar-refractivity contribution is -0.140. The van der Waals surface area contributed by atoms with Crippen molar-refractivity contribution in [1.29, 1.82) is 0 Å². The van der Waals surface area contributed by atoms with Gasteiger partial charge in [0, 0.05) is 12.7 Å². The van der Waals surface area contributed by atoms with Crippen LogP contribution in [0.5, 0.6) is 0 Å². The molecule has 1 aliphatic heterocycles. The van der Waals surface area contributed by atoms with E-state index in [1.54, 1.807) is 29.1 Å². The van der Waals surface area contributed by atoms with Gasteiger partial charge in [-0.1, -0.05) is 24.3 Å². The van der Waals surface area contributed by atoms with Gasteiger partial charge in [-0.3, -0.25) is 14.6 Å². The number of rotatable bonds is 7. The minimum atomic E-state index is -0.757. The summed E-state index contributed by atoms with van der Waals surface area (Å²) in [6, 6.07) is 14.1. The fourth-order valence-electron chi connectivity index (χ4n) is 4.13. The molecule has 33 heavy (non-hydrogen) atoms. The molecular formula is C25H27N5O3. The predicted octanol–water partition coefficient (Wildman–Crippen LogP) is 2.95. The Kier molecular flexibility index (Phi) is 6.37. The number of hydrogen-bond acceptors (Lipinski definition) is 6. The number of amides is 1. The number of carbonyl (C=O) groups excluding carboxylic acids is 2. The number of carbonyl (C=O) groups is 2. The number of aliphatic hydroxyl groups is 1. The fraction of sp³-hybridized carbons (Fsp3) is 0.280. The van der Waals surface area contributed by atoms with Crippen LogP contribution in [0.3, 0.4) is 0 Å². The molecule has 1 amide bonds. The molecule has 1 aliphatic rings. The van der Waals surface area contributed by atoms with E-state index < -0.39 is 17.7 Å². The van der Waals surface area contributed by atoms with Gasteiger partial charge < -0.3 is 14.9 Å². The zero-order valence-corrected chi connectivity index (χ0v) is 19.0. The molecule has 1 N–H and O–H groups in total. The molecule has 0 bridgehead atoms. The van der Waals surface area contributed by atoms with E-state index in [-0.39, 0.29) is 11.3 Å². The maximum absolute atomic E-state index is 13.1. The number of aromatic nitrogens is 3. The summed E-state index contributed by atoms with van der Waals surface area (Å²) < 4.78 is 1.69. The van der Waals surface area contributed by atoms with Gasteiger partial charge in [0.25, 0.3) is 11.7 Å². The molecular weight excluding hydrogens is 418 g/mol. The van der Waals surface area contributed by atoms with Gasteiger partial charge in [0.1, 0.15) is 11.8 Å². The Hall–Kier alpha value is -3.78.